The van der Waals surface area contributed by atoms with Crippen LogP contribution in [0.1, 0.15) is 77.6 Å². The second-order valence-corrected chi connectivity index (χ2v) is 5.03. The molecule has 0 spiro atoms. The van der Waals surface area contributed by atoms with Crippen molar-refractivity contribution >= 4 is 5.97 Å². The third kappa shape index (κ3) is 11.9. The molecule has 0 aliphatic rings. The van der Waals surface area contributed by atoms with Gasteiger partial charge in [0.2, 0.25) is 0 Å². The lowest BCUT2D eigenvalue weighted by Crippen LogP contribution is -2.05. The van der Waals surface area contributed by atoms with Gasteiger partial charge in [-0.05, 0) is 19.3 Å². The topological polar surface area (TPSA) is 46.5 Å². The van der Waals surface area contributed by atoms with Crippen LogP contribution in [-0.4, -0.2) is 24.3 Å². The van der Waals surface area contributed by atoms with E-state index in [1.807, 2.05) is 0 Å². The number of ether oxygens (including phenoxy) is 1. The zero-order valence-corrected chi connectivity index (χ0v) is 12.1. The monoisotopic (exact) mass is 258 g/mol. The van der Waals surface area contributed by atoms with E-state index in [1.165, 1.54) is 20.0 Å². The lowest BCUT2D eigenvalue weighted by Gasteiger charge is -2.09. The molecule has 0 aromatic rings. The van der Waals surface area contributed by atoms with Crippen LogP contribution in [0.2, 0.25) is 0 Å². The number of aliphatic hydroxyl groups is 1. The fourth-order valence-corrected chi connectivity index (χ4v) is 2.06. The van der Waals surface area contributed by atoms with Gasteiger partial charge in [-0.1, -0.05) is 51.9 Å². The first-order valence-corrected chi connectivity index (χ1v) is 7.45. The molecule has 0 aromatic carbocycles. The van der Waals surface area contributed by atoms with Gasteiger partial charge in [-0.3, -0.25) is 4.79 Å². The van der Waals surface area contributed by atoms with Crippen LogP contribution in [-0.2, 0) is 9.53 Å². The van der Waals surface area contributed by atoms with Crippen molar-refractivity contribution in [3.05, 3.63) is 0 Å². The Morgan fingerprint density at radius 3 is 2.17 bits per heavy atom. The van der Waals surface area contributed by atoms with Crippen molar-refractivity contribution in [1.29, 1.82) is 0 Å². The molecule has 3 heteroatoms. The third-order valence-corrected chi connectivity index (χ3v) is 3.29. The zero-order chi connectivity index (χ0) is 13.6. The van der Waals surface area contributed by atoms with E-state index >= 15 is 0 Å². The summed E-state index contributed by atoms with van der Waals surface area (Å²) in [7, 11) is 1.43. The molecule has 3 nitrogen and oxygen atoms in total. The van der Waals surface area contributed by atoms with E-state index in [-0.39, 0.29) is 12.1 Å². The molecule has 0 saturated heterocycles. The van der Waals surface area contributed by atoms with Crippen LogP contribution in [0, 0.1) is 0 Å². The van der Waals surface area contributed by atoms with Crippen molar-refractivity contribution in [2.75, 3.05) is 7.11 Å². The Morgan fingerprint density at radius 2 is 1.56 bits per heavy atom. The highest BCUT2D eigenvalue weighted by molar-refractivity contribution is 5.68. The van der Waals surface area contributed by atoms with Crippen LogP contribution in [0.4, 0.5) is 0 Å². The Labute approximate surface area is 112 Å². The number of methoxy groups -OCH3 is 1. The molecule has 0 aliphatic heterocycles. The Morgan fingerprint density at radius 1 is 1.00 bits per heavy atom. The first-order chi connectivity index (χ1) is 8.70. The fourth-order valence-electron chi connectivity index (χ4n) is 2.06. The molecule has 108 valence electrons. The SMILES string of the molecule is CCCCCC(O)CCCCCCCC(=O)OC. The average Bonchev–Trinajstić information content (AvgIpc) is 2.37. The molecule has 0 bridgehead atoms. The van der Waals surface area contributed by atoms with Crippen LogP contribution in [0.25, 0.3) is 0 Å². The molecule has 0 aromatic heterocycles. The predicted molar refractivity (Wildman–Crippen MR) is 74.5 cm³/mol. The summed E-state index contributed by atoms with van der Waals surface area (Å²) >= 11 is 0. The van der Waals surface area contributed by atoms with E-state index in [2.05, 4.69) is 11.7 Å². The van der Waals surface area contributed by atoms with Gasteiger partial charge in [0.1, 0.15) is 0 Å². The van der Waals surface area contributed by atoms with Gasteiger partial charge in [-0.2, -0.15) is 0 Å². The van der Waals surface area contributed by atoms with Crippen molar-refractivity contribution in [1.82, 2.24) is 0 Å². The summed E-state index contributed by atoms with van der Waals surface area (Å²) in [6.45, 7) is 2.18. The molecule has 0 fully saturated rings. The normalized spacial score (nSPS) is 12.4. The molecule has 1 atom stereocenters. The maximum atomic E-state index is 10.9. The summed E-state index contributed by atoms with van der Waals surface area (Å²) < 4.78 is 4.58. The number of unbranched alkanes of at least 4 members (excludes halogenated alkanes) is 6. The molecular formula is C15H30O3. The van der Waals surface area contributed by atoms with Crippen LogP contribution >= 0.6 is 0 Å². The molecule has 0 saturated carbocycles. The molecule has 0 heterocycles. The number of hydrogen-bond donors (Lipinski definition) is 1. The number of carbonyl (C=O) groups is 1. The zero-order valence-electron chi connectivity index (χ0n) is 12.1. The van der Waals surface area contributed by atoms with Gasteiger partial charge in [-0.15, -0.1) is 0 Å². The summed E-state index contributed by atoms with van der Waals surface area (Å²) in [5, 5.41) is 9.72. The maximum Gasteiger partial charge on any atom is 0.305 e. The second kappa shape index (κ2) is 12.9. The van der Waals surface area contributed by atoms with Gasteiger partial charge in [0.05, 0.1) is 13.2 Å². The number of rotatable bonds is 12. The maximum absolute atomic E-state index is 10.9. The van der Waals surface area contributed by atoms with E-state index in [0.29, 0.717) is 6.42 Å². The lowest BCUT2D eigenvalue weighted by atomic mass is 10.0. The van der Waals surface area contributed by atoms with Gasteiger partial charge >= 0.3 is 5.97 Å². The van der Waals surface area contributed by atoms with Gasteiger partial charge < -0.3 is 9.84 Å². The van der Waals surface area contributed by atoms with E-state index < -0.39 is 0 Å². The van der Waals surface area contributed by atoms with Crippen LogP contribution < -0.4 is 0 Å². The number of hydrogen-bond acceptors (Lipinski definition) is 3. The minimum absolute atomic E-state index is 0.105. The van der Waals surface area contributed by atoms with E-state index in [4.69, 9.17) is 0 Å². The molecular weight excluding hydrogens is 228 g/mol. The predicted octanol–water partition coefficient (Wildman–Crippen LogP) is 3.83. The van der Waals surface area contributed by atoms with Gasteiger partial charge in [0.15, 0.2) is 0 Å². The second-order valence-electron chi connectivity index (χ2n) is 5.03. The molecule has 1 unspecified atom stereocenters. The number of aliphatic hydroxyl groups excluding tert-OH is 1. The van der Waals surface area contributed by atoms with Crippen LogP contribution in [0.5, 0.6) is 0 Å². The minimum Gasteiger partial charge on any atom is -0.469 e. The number of carbonyl (C=O) groups excluding carboxylic acids is 1. The minimum atomic E-state index is -0.110. The van der Waals surface area contributed by atoms with Crippen molar-refractivity contribution < 1.29 is 14.6 Å². The summed E-state index contributed by atoms with van der Waals surface area (Å²) in [5.74, 6) is -0.110. The van der Waals surface area contributed by atoms with Crippen molar-refractivity contribution in [3.8, 4) is 0 Å². The molecule has 0 radical (unpaired) electrons. The summed E-state index contributed by atoms with van der Waals surface area (Å²) in [4.78, 5) is 10.9. The number of esters is 1. The van der Waals surface area contributed by atoms with Gasteiger partial charge in [-0.25, -0.2) is 0 Å². The van der Waals surface area contributed by atoms with E-state index in [0.717, 1.165) is 51.4 Å². The Bertz CT molecular complexity index is 192. The summed E-state index contributed by atoms with van der Waals surface area (Å²) in [6.07, 6.45) is 11.3. The standard InChI is InChI=1S/C15H30O3/c1-3-4-8-11-14(16)12-9-6-5-7-10-13-15(17)18-2/h14,16H,3-13H2,1-2H3. The largest absolute Gasteiger partial charge is 0.469 e. The van der Waals surface area contributed by atoms with Crippen LogP contribution in [0.3, 0.4) is 0 Å². The average molecular weight is 258 g/mol. The molecule has 0 amide bonds. The first-order valence-electron chi connectivity index (χ1n) is 7.45. The highest BCUT2D eigenvalue weighted by Gasteiger charge is 2.03. The van der Waals surface area contributed by atoms with E-state index in [9.17, 15) is 9.90 Å². The van der Waals surface area contributed by atoms with E-state index in [1.54, 1.807) is 0 Å². The Hall–Kier alpha value is -0.570. The van der Waals surface area contributed by atoms with Crippen LogP contribution in [0.15, 0.2) is 0 Å². The first kappa shape index (κ1) is 17.4. The summed E-state index contributed by atoms with van der Waals surface area (Å²) in [6, 6.07) is 0. The fraction of sp³-hybridized carbons (Fsp3) is 0.933. The van der Waals surface area contributed by atoms with Gasteiger partial charge in [0, 0.05) is 6.42 Å². The Kier molecular flexibility index (Phi) is 12.5. The smallest absolute Gasteiger partial charge is 0.305 e. The van der Waals surface area contributed by atoms with Gasteiger partial charge in [0.25, 0.3) is 0 Å². The highest BCUT2D eigenvalue weighted by Crippen LogP contribution is 2.12. The highest BCUT2D eigenvalue weighted by atomic mass is 16.5. The Balaban J connectivity index is 3.17. The summed E-state index contributed by atoms with van der Waals surface area (Å²) in [5.41, 5.74) is 0. The quantitative estimate of drug-likeness (QED) is 0.427. The molecule has 18 heavy (non-hydrogen) atoms. The van der Waals surface area contributed by atoms with Crippen molar-refractivity contribution in [3.63, 3.8) is 0 Å². The molecule has 0 rings (SSSR count). The van der Waals surface area contributed by atoms with Crippen molar-refractivity contribution in [2.45, 2.75) is 83.7 Å². The lowest BCUT2D eigenvalue weighted by molar-refractivity contribution is -0.140. The molecule has 1 N–H and O–H groups in total. The molecule has 0 aliphatic carbocycles. The third-order valence-electron chi connectivity index (χ3n) is 3.29. The van der Waals surface area contributed by atoms with Crippen molar-refractivity contribution in [2.24, 2.45) is 0 Å².